The second-order valence-corrected chi connectivity index (χ2v) is 5.37. The van der Waals surface area contributed by atoms with E-state index in [9.17, 15) is 14.4 Å². The lowest BCUT2D eigenvalue weighted by Crippen LogP contribution is -2.21. The first-order chi connectivity index (χ1) is 12.4. The molecule has 0 aliphatic carbocycles. The minimum Gasteiger partial charge on any atom is -0.497 e. The standard InChI is InChI=1S/C19H19NO6/c1-12-10-15(24-2)8-9-16(12)19(23)26-11-17(21)20-14-6-4-13(5-7-14)18(22)25-3/h4-10H,11H2,1-3H3,(H,20,21). The molecule has 1 N–H and O–H groups in total. The molecule has 0 aromatic heterocycles. The first-order valence-corrected chi connectivity index (χ1v) is 7.74. The molecule has 0 radical (unpaired) electrons. The summed E-state index contributed by atoms with van der Waals surface area (Å²) in [5.41, 5.74) is 1.89. The first kappa shape index (κ1) is 19.0. The van der Waals surface area contributed by atoms with Crippen molar-refractivity contribution in [3.63, 3.8) is 0 Å². The van der Waals surface area contributed by atoms with Gasteiger partial charge in [-0.25, -0.2) is 9.59 Å². The van der Waals surface area contributed by atoms with Gasteiger partial charge in [-0.3, -0.25) is 4.79 Å². The lowest BCUT2D eigenvalue weighted by molar-refractivity contribution is -0.119. The third-order valence-electron chi connectivity index (χ3n) is 3.58. The van der Waals surface area contributed by atoms with Gasteiger partial charge in [0.25, 0.3) is 5.91 Å². The minimum atomic E-state index is -0.596. The fraction of sp³-hybridized carbons (Fsp3) is 0.211. The van der Waals surface area contributed by atoms with Crippen molar-refractivity contribution >= 4 is 23.5 Å². The Morgan fingerprint density at radius 3 is 2.23 bits per heavy atom. The highest BCUT2D eigenvalue weighted by molar-refractivity contribution is 5.96. The zero-order chi connectivity index (χ0) is 19.1. The van der Waals surface area contributed by atoms with E-state index in [0.29, 0.717) is 28.1 Å². The number of methoxy groups -OCH3 is 2. The number of hydrogen-bond acceptors (Lipinski definition) is 6. The molecule has 26 heavy (non-hydrogen) atoms. The van der Waals surface area contributed by atoms with Crippen molar-refractivity contribution < 1.29 is 28.6 Å². The second-order valence-electron chi connectivity index (χ2n) is 5.37. The number of esters is 2. The van der Waals surface area contributed by atoms with Crippen molar-refractivity contribution in [3.8, 4) is 5.75 Å². The monoisotopic (exact) mass is 357 g/mol. The summed E-state index contributed by atoms with van der Waals surface area (Å²) in [4.78, 5) is 35.3. The number of ether oxygens (including phenoxy) is 3. The maximum absolute atomic E-state index is 12.1. The quantitative estimate of drug-likeness (QED) is 0.799. The molecule has 0 spiro atoms. The average molecular weight is 357 g/mol. The van der Waals surface area contributed by atoms with Gasteiger partial charge in [-0.15, -0.1) is 0 Å². The molecule has 0 fully saturated rings. The summed E-state index contributed by atoms with van der Waals surface area (Å²) < 4.78 is 14.7. The summed E-state index contributed by atoms with van der Waals surface area (Å²) in [6, 6.07) is 11.1. The minimum absolute atomic E-state index is 0.362. The fourth-order valence-electron chi connectivity index (χ4n) is 2.21. The summed E-state index contributed by atoms with van der Waals surface area (Å²) in [5, 5.41) is 2.58. The molecule has 2 aromatic carbocycles. The van der Waals surface area contributed by atoms with Gasteiger partial charge >= 0.3 is 11.9 Å². The Kier molecular flexibility index (Phi) is 6.32. The number of nitrogens with one attached hydrogen (secondary N) is 1. The first-order valence-electron chi connectivity index (χ1n) is 7.74. The number of aryl methyl sites for hydroxylation is 1. The number of carbonyl (C=O) groups excluding carboxylic acids is 3. The van der Waals surface area contributed by atoms with E-state index in [0.717, 1.165) is 0 Å². The molecule has 0 aliphatic heterocycles. The molecule has 0 aliphatic rings. The van der Waals surface area contributed by atoms with Crippen LogP contribution in [0.25, 0.3) is 0 Å². The number of rotatable bonds is 6. The van der Waals surface area contributed by atoms with E-state index < -0.39 is 24.5 Å². The van der Waals surface area contributed by atoms with Gasteiger partial charge in [-0.05, 0) is 55.0 Å². The smallest absolute Gasteiger partial charge is 0.338 e. The number of hydrogen-bond donors (Lipinski definition) is 1. The summed E-state index contributed by atoms with van der Waals surface area (Å²) in [6.07, 6.45) is 0. The third-order valence-corrected chi connectivity index (χ3v) is 3.58. The van der Waals surface area contributed by atoms with Crippen LogP contribution < -0.4 is 10.1 Å². The molecule has 0 bridgehead atoms. The van der Waals surface area contributed by atoms with Crippen molar-refractivity contribution in [1.29, 1.82) is 0 Å². The summed E-state index contributed by atoms with van der Waals surface area (Å²) in [7, 11) is 2.83. The van der Waals surface area contributed by atoms with Crippen molar-refractivity contribution in [2.24, 2.45) is 0 Å². The van der Waals surface area contributed by atoms with Crippen molar-refractivity contribution in [2.75, 3.05) is 26.1 Å². The van der Waals surface area contributed by atoms with Crippen LogP contribution in [0.5, 0.6) is 5.75 Å². The molecule has 136 valence electrons. The van der Waals surface area contributed by atoms with Gasteiger partial charge in [0, 0.05) is 5.69 Å². The summed E-state index contributed by atoms with van der Waals surface area (Å²) in [6.45, 7) is 1.32. The Hall–Kier alpha value is -3.35. The van der Waals surface area contributed by atoms with Crippen LogP contribution in [-0.2, 0) is 14.3 Å². The Labute approximate surface area is 150 Å². The Morgan fingerprint density at radius 1 is 0.962 bits per heavy atom. The maximum Gasteiger partial charge on any atom is 0.338 e. The van der Waals surface area contributed by atoms with E-state index in [1.165, 1.54) is 26.4 Å². The predicted molar refractivity (Wildman–Crippen MR) is 94.4 cm³/mol. The zero-order valence-corrected chi connectivity index (χ0v) is 14.7. The molecule has 7 nitrogen and oxygen atoms in total. The second kappa shape index (κ2) is 8.66. The molecule has 0 saturated carbocycles. The number of benzene rings is 2. The highest BCUT2D eigenvalue weighted by Crippen LogP contribution is 2.17. The molecule has 1 amide bonds. The van der Waals surface area contributed by atoms with Crippen LogP contribution in [0.2, 0.25) is 0 Å². The van der Waals surface area contributed by atoms with Crippen molar-refractivity contribution in [3.05, 3.63) is 59.2 Å². The van der Waals surface area contributed by atoms with E-state index in [1.807, 2.05) is 0 Å². The van der Waals surface area contributed by atoms with Crippen LogP contribution in [0.3, 0.4) is 0 Å². The van der Waals surface area contributed by atoms with E-state index in [-0.39, 0.29) is 0 Å². The van der Waals surface area contributed by atoms with E-state index >= 15 is 0 Å². The van der Waals surface area contributed by atoms with Crippen LogP contribution in [0, 0.1) is 6.92 Å². The molecular formula is C19H19NO6. The number of amides is 1. The molecule has 2 aromatic rings. The molecule has 2 rings (SSSR count). The molecular weight excluding hydrogens is 338 g/mol. The zero-order valence-electron chi connectivity index (χ0n) is 14.7. The topological polar surface area (TPSA) is 90.9 Å². The Balaban J connectivity index is 1.90. The molecule has 0 heterocycles. The van der Waals surface area contributed by atoms with Crippen molar-refractivity contribution in [1.82, 2.24) is 0 Å². The molecule has 0 atom stereocenters. The molecule has 0 unspecified atom stereocenters. The van der Waals surface area contributed by atoms with Gasteiger partial charge in [-0.1, -0.05) is 0 Å². The van der Waals surface area contributed by atoms with Gasteiger partial charge < -0.3 is 19.5 Å². The largest absolute Gasteiger partial charge is 0.497 e. The lowest BCUT2D eigenvalue weighted by atomic mass is 10.1. The van der Waals surface area contributed by atoms with Gasteiger partial charge in [0.05, 0.1) is 25.3 Å². The van der Waals surface area contributed by atoms with Crippen LogP contribution in [0.1, 0.15) is 26.3 Å². The van der Waals surface area contributed by atoms with Crippen LogP contribution in [-0.4, -0.2) is 38.7 Å². The fourth-order valence-corrected chi connectivity index (χ4v) is 2.21. The summed E-state index contributed by atoms with van der Waals surface area (Å²) in [5.74, 6) is -0.921. The molecule has 0 saturated heterocycles. The average Bonchev–Trinajstić information content (AvgIpc) is 2.65. The summed E-state index contributed by atoms with van der Waals surface area (Å²) >= 11 is 0. The highest BCUT2D eigenvalue weighted by atomic mass is 16.5. The van der Waals surface area contributed by atoms with Gasteiger partial charge in [0.2, 0.25) is 0 Å². The van der Waals surface area contributed by atoms with Gasteiger partial charge in [-0.2, -0.15) is 0 Å². The van der Waals surface area contributed by atoms with Crippen molar-refractivity contribution in [2.45, 2.75) is 6.92 Å². The Bertz CT molecular complexity index is 813. The lowest BCUT2D eigenvalue weighted by Gasteiger charge is -2.09. The normalized spacial score (nSPS) is 9.96. The SMILES string of the molecule is COC(=O)c1ccc(NC(=O)COC(=O)c2ccc(OC)cc2C)cc1. The van der Waals surface area contributed by atoms with Crippen LogP contribution in [0.15, 0.2) is 42.5 Å². The predicted octanol–water partition coefficient (Wildman–Crippen LogP) is 2.59. The molecule has 7 heteroatoms. The maximum atomic E-state index is 12.1. The highest BCUT2D eigenvalue weighted by Gasteiger charge is 2.14. The Morgan fingerprint density at radius 2 is 1.65 bits per heavy atom. The van der Waals surface area contributed by atoms with Gasteiger partial charge in [0.15, 0.2) is 6.61 Å². The van der Waals surface area contributed by atoms with E-state index in [1.54, 1.807) is 37.3 Å². The number of carbonyl (C=O) groups is 3. The van der Waals surface area contributed by atoms with E-state index in [4.69, 9.17) is 9.47 Å². The van der Waals surface area contributed by atoms with Crippen LogP contribution in [0.4, 0.5) is 5.69 Å². The third kappa shape index (κ3) is 4.83. The van der Waals surface area contributed by atoms with Gasteiger partial charge in [0.1, 0.15) is 5.75 Å². The number of anilines is 1. The van der Waals surface area contributed by atoms with Crippen LogP contribution >= 0.6 is 0 Å². The van der Waals surface area contributed by atoms with E-state index in [2.05, 4.69) is 10.1 Å².